The van der Waals surface area contributed by atoms with Crippen molar-refractivity contribution in [3.8, 4) is 0 Å². The summed E-state index contributed by atoms with van der Waals surface area (Å²) in [6.07, 6.45) is 1.20. The van der Waals surface area contributed by atoms with E-state index in [9.17, 15) is 8.42 Å². The molecule has 0 aliphatic heterocycles. The molecule has 1 unspecified atom stereocenters. The molecule has 0 aromatic carbocycles. The van der Waals surface area contributed by atoms with Crippen LogP contribution in [0.25, 0.3) is 0 Å². The highest BCUT2D eigenvalue weighted by Gasteiger charge is 2.17. The Hall–Kier alpha value is 0.220. The second-order valence-electron chi connectivity index (χ2n) is 2.61. The molecule has 0 aromatic rings. The smallest absolute Gasteiger partial charge is 0.152 e. The zero-order valence-electron chi connectivity index (χ0n) is 7.16. The third-order valence-corrected chi connectivity index (χ3v) is 3.32. The molecular formula is C6H16N2O2S2. The SMILES string of the molecule is CS(=O)(=O)C(CN)CNCCS. The maximum atomic E-state index is 11.0. The van der Waals surface area contributed by atoms with Crippen molar-refractivity contribution in [3.05, 3.63) is 0 Å². The van der Waals surface area contributed by atoms with Gasteiger partial charge < -0.3 is 11.1 Å². The number of thiol groups is 1. The lowest BCUT2D eigenvalue weighted by molar-refractivity contribution is 0.574. The lowest BCUT2D eigenvalue weighted by atomic mass is 10.4. The molecular weight excluding hydrogens is 196 g/mol. The molecule has 4 nitrogen and oxygen atoms in total. The minimum absolute atomic E-state index is 0.165. The van der Waals surface area contributed by atoms with Gasteiger partial charge in [0.05, 0.1) is 5.25 Å². The first-order valence-corrected chi connectivity index (χ1v) is 6.31. The second-order valence-corrected chi connectivity index (χ2v) is 5.39. The maximum absolute atomic E-state index is 11.0. The monoisotopic (exact) mass is 212 g/mol. The molecule has 0 rings (SSSR count). The largest absolute Gasteiger partial charge is 0.329 e. The third-order valence-electron chi connectivity index (χ3n) is 1.53. The van der Waals surface area contributed by atoms with Crippen LogP contribution in [-0.2, 0) is 9.84 Å². The first-order valence-electron chi connectivity index (χ1n) is 3.73. The molecule has 0 radical (unpaired) electrons. The van der Waals surface area contributed by atoms with E-state index in [0.29, 0.717) is 18.8 Å². The van der Waals surface area contributed by atoms with Crippen molar-refractivity contribution in [2.45, 2.75) is 5.25 Å². The molecule has 0 fully saturated rings. The van der Waals surface area contributed by atoms with E-state index in [0.717, 1.165) is 0 Å². The van der Waals surface area contributed by atoms with E-state index in [4.69, 9.17) is 5.73 Å². The van der Waals surface area contributed by atoms with Gasteiger partial charge in [-0.1, -0.05) is 0 Å². The Morgan fingerprint density at radius 1 is 1.58 bits per heavy atom. The Kier molecular flexibility index (Phi) is 5.90. The van der Waals surface area contributed by atoms with Gasteiger partial charge in [-0.05, 0) is 0 Å². The van der Waals surface area contributed by atoms with Gasteiger partial charge in [0.25, 0.3) is 0 Å². The Balaban J connectivity index is 3.85. The molecule has 3 N–H and O–H groups in total. The summed E-state index contributed by atoms with van der Waals surface area (Å²) >= 11 is 3.98. The van der Waals surface area contributed by atoms with Crippen molar-refractivity contribution in [3.63, 3.8) is 0 Å². The summed E-state index contributed by atoms with van der Waals surface area (Å²) in [5.74, 6) is 0.695. The van der Waals surface area contributed by atoms with Crippen LogP contribution in [0.15, 0.2) is 0 Å². The van der Waals surface area contributed by atoms with Crippen molar-refractivity contribution < 1.29 is 8.42 Å². The molecule has 0 amide bonds. The molecule has 0 bridgehead atoms. The number of sulfone groups is 1. The van der Waals surface area contributed by atoms with Gasteiger partial charge in [0, 0.05) is 31.6 Å². The summed E-state index contributed by atoms with van der Waals surface area (Å²) < 4.78 is 22.0. The van der Waals surface area contributed by atoms with Crippen molar-refractivity contribution in [2.75, 3.05) is 31.6 Å². The van der Waals surface area contributed by atoms with E-state index in [1.807, 2.05) is 0 Å². The average Bonchev–Trinajstić information content (AvgIpc) is 1.95. The van der Waals surface area contributed by atoms with Gasteiger partial charge in [0.15, 0.2) is 9.84 Å². The molecule has 0 aliphatic carbocycles. The van der Waals surface area contributed by atoms with Crippen LogP contribution < -0.4 is 11.1 Å². The molecule has 0 aliphatic rings. The fourth-order valence-electron chi connectivity index (χ4n) is 0.752. The van der Waals surface area contributed by atoms with Crippen molar-refractivity contribution >= 4 is 22.5 Å². The Labute approximate surface area is 79.2 Å². The summed E-state index contributed by atoms with van der Waals surface area (Å²) in [7, 11) is -3.01. The van der Waals surface area contributed by atoms with Crippen LogP contribution in [0.4, 0.5) is 0 Å². The molecule has 0 saturated heterocycles. The molecule has 0 aromatic heterocycles. The van der Waals surface area contributed by atoms with Crippen molar-refractivity contribution in [1.29, 1.82) is 0 Å². The highest BCUT2D eigenvalue weighted by atomic mass is 32.2. The number of hydrogen-bond donors (Lipinski definition) is 3. The van der Waals surface area contributed by atoms with Crippen LogP contribution in [0.1, 0.15) is 0 Å². The van der Waals surface area contributed by atoms with Crippen LogP contribution in [0, 0.1) is 0 Å². The van der Waals surface area contributed by atoms with E-state index in [2.05, 4.69) is 17.9 Å². The Morgan fingerprint density at radius 3 is 2.50 bits per heavy atom. The number of nitrogens with one attached hydrogen (secondary N) is 1. The van der Waals surface area contributed by atoms with Crippen LogP contribution in [0.2, 0.25) is 0 Å². The predicted octanol–water partition coefficient (Wildman–Crippen LogP) is -1.12. The Bertz CT molecular complexity index is 204. The normalized spacial score (nSPS) is 14.6. The average molecular weight is 212 g/mol. The van der Waals surface area contributed by atoms with Crippen molar-refractivity contribution in [2.24, 2.45) is 5.73 Å². The number of hydrogen-bond acceptors (Lipinski definition) is 5. The maximum Gasteiger partial charge on any atom is 0.152 e. The van der Waals surface area contributed by atoms with Gasteiger partial charge in [-0.25, -0.2) is 8.42 Å². The summed E-state index contributed by atoms with van der Waals surface area (Å²) in [6.45, 7) is 1.28. The standard InChI is InChI=1S/C6H16N2O2S2/c1-12(9,10)6(4-7)5-8-2-3-11/h6,8,11H,2-5,7H2,1H3. The lowest BCUT2D eigenvalue weighted by Crippen LogP contribution is -2.39. The van der Waals surface area contributed by atoms with Gasteiger partial charge in [-0.15, -0.1) is 0 Å². The zero-order valence-corrected chi connectivity index (χ0v) is 8.87. The summed E-state index contributed by atoms with van der Waals surface area (Å²) in [6, 6.07) is 0. The summed E-state index contributed by atoms with van der Waals surface area (Å²) in [5.41, 5.74) is 5.30. The van der Waals surface area contributed by atoms with Crippen LogP contribution in [0.3, 0.4) is 0 Å². The molecule has 0 heterocycles. The first kappa shape index (κ1) is 12.2. The first-order chi connectivity index (χ1) is 5.52. The molecule has 12 heavy (non-hydrogen) atoms. The molecule has 1 atom stereocenters. The van der Waals surface area contributed by atoms with E-state index in [1.54, 1.807) is 0 Å². The van der Waals surface area contributed by atoms with Crippen molar-refractivity contribution in [1.82, 2.24) is 5.32 Å². The van der Waals surface area contributed by atoms with Gasteiger partial charge in [-0.2, -0.15) is 12.6 Å². The predicted molar refractivity (Wildman–Crippen MR) is 54.4 cm³/mol. The fourth-order valence-corrected chi connectivity index (χ4v) is 1.68. The van der Waals surface area contributed by atoms with Gasteiger partial charge in [0.2, 0.25) is 0 Å². The zero-order chi connectivity index (χ0) is 9.61. The van der Waals surface area contributed by atoms with E-state index in [-0.39, 0.29) is 6.54 Å². The van der Waals surface area contributed by atoms with Crippen LogP contribution in [0.5, 0.6) is 0 Å². The van der Waals surface area contributed by atoms with E-state index < -0.39 is 15.1 Å². The number of rotatable bonds is 6. The minimum atomic E-state index is -3.01. The summed E-state index contributed by atoms with van der Waals surface area (Å²) in [5, 5.41) is 2.48. The van der Waals surface area contributed by atoms with E-state index >= 15 is 0 Å². The van der Waals surface area contributed by atoms with Gasteiger partial charge in [0.1, 0.15) is 0 Å². The highest BCUT2D eigenvalue weighted by Crippen LogP contribution is 1.94. The van der Waals surface area contributed by atoms with Gasteiger partial charge >= 0.3 is 0 Å². The molecule has 6 heteroatoms. The topological polar surface area (TPSA) is 72.2 Å². The minimum Gasteiger partial charge on any atom is -0.329 e. The third kappa shape index (κ3) is 4.97. The fraction of sp³-hybridized carbons (Fsp3) is 1.00. The molecule has 74 valence electrons. The molecule has 0 spiro atoms. The van der Waals surface area contributed by atoms with Gasteiger partial charge in [-0.3, -0.25) is 0 Å². The second kappa shape index (κ2) is 5.80. The lowest BCUT2D eigenvalue weighted by Gasteiger charge is -2.12. The van der Waals surface area contributed by atoms with Crippen LogP contribution in [-0.4, -0.2) is 45.3 Å². The summed E-state index contributed by atoms with van der Waals surface area (Å²) in [4.78, 5) is 0. The van der Waals surface area contributed by atoms with E-state index in [1.165, 1.54) is 6.26 Å². The highest BCUT2D eigenvalue weighted by molar-refractivity contribution is 7.91. The Morgan fingerprint density at radius 2 is 2.17 bits per heavy atom. The quantitative estimate of drug-likeness (QED) is 0.385. The number of nitrogens with two attached hydrogens (primary N) is 1. The molecule has 0 saturated carbocycles. The van der Waals surface area contributed by atoms with Crippen LogP contribution >= 0.6 is 12.6 Å².